The van der Waals surface area contributed by atoms with Crippen molar-refractivity contribution in [3.8, 4) is 0 Å². The topological polar surface area (TPSA) is 12.0 Å². The highest BCUT2D eigenvalue weighted by atomic mass is 19.1. The summed E-state index contributed by atoms with van der Waals surface area (Å²) in [6.45, 7) is 5.09. The first kappa shape index (κ1) is 11.3. The zero-order valence-corrected chi connectivity index (χ0v) is 9.89. The number of halogens is 1. The minimum absolute atomic E-state index is 0.122. The molecule has 0 bridgehead atoms. The van der Waals surface area contributed by atoms with Gasteiger partial charge in [-0.1, -0.05) is 17.7 Å². The van der Waals surface area contributed by atoms with Gasteiger partial charge in [-0.25, -0.2) is 4.39 Å². The SMILES string of the molecule is CC(C)=CCNC1CCc2cc(F)ccc21. The highest BCUT2D eigenvalue weighted by Crippen LogP contribution is 2.31. The van der Waals surface area contributed by atoms with Gasteiger partial charge in [0.15, 0.2) is 0 Å². The number of nitrogens with one attached hydrogen (secondary N) is 1. The third kappa shape index (κ3) is 2.50. The van der Waals surface area contributed by atoms with Crippen molar-refractivity contribution < 1.29 is 4.39 Å². The molecule has 0 heterocycles. The van der Waals surface area contributed by atoms with Gasteiger partial charge in [-0.2, -0.15) is 0 Å². The second kappa shape index (κ2) is 4.79. The van der Waals surface area contributed by atoms with E-state index in [-0.39, 0.29) is 5.82 Å². The predicted octanol–water partition coefficient (Wildman–Crippen LogP) is 3.37. The first-order valence-electron chi connectivity index (χ1n) is 5.82. The average molecular weight is 219 g/mol. The highest BCUT2D eigenvalue weighted by molar-refractivity contribution is 5.35. The first-order chi connectivity index (χ1) is 7.66. The quantitative estimate of drug-likeness (QED) is 0.768. The Bertz CT molecular complexity index is 405. The summed E-state index contributed by atoms with van der Waals surface area (Å²) >= 11 is 0. The maximum absolute atomic E-state index is 13.0. The fourth-order valence-corrected chi connectivity index (χ4v) is 2.20. The maximum atomic E-state index is 13.0. The molecule has 0 spiro atoms. The Morgan fingerprint density at radius 2 is 2.31 bits per heavy atom. The molecule has 2 rings (SSSR count). The van der Waals surface area contributed by atoms with Gasteiger partial charge < -0.3 is 5.32 Å². The van der Waals surface area contributed by atoms with Gasteiger partial charge in [0, 0.05) is 12.6 Å². The van der Waals surface area contributed by atoms with E-state index in [4.69, 9.17) is 0 Å². The fourth-order valence-electron chi connectivity index (χ4n) is 2.20. The molecule has 2 heteroatoms. The minimum Gasteiger partial charge on any atom is -0.306 e. The first-order valence-corrected chi connectivity index (χ1v) is 5.82. The van der Waals surface area contributed by atoms with Gasteiger partial charge in [-0.15, -0.1) is 0 Å². The molecule has 0 aromatic heterocycles. The number of hydrogen-bond donors (Lipinski definition) is 1. The molecule has 1 unspecified atom stereocenters. The monoisotopic (exact) mass is 219 g/mol. The molecule has 1 atom stereocenters. The number of rotatable bonds is 3. The van der Waals surface area contributed by atoms with Gasteiger partial charge in [0.05, 0.1) is 0 Å². The predicted molar refractivity (Wildman–Crippen MR) is 64.9 cm³/mol. The lowest BCUT2D eigenvalue weighted by molar-refractivity contribution is 0.563. The second-order valence-corrected chi connectivity index (χ2v) is 4.62. The van der Waals surface area contributed by atoms with E-state index in [1.807, 2.05) is 6.07 Å². The standard InChI is InChI=1S/C14H18FN/c1-10(2)7-8-16-14-6-3-11-9-12(15)4-5-13(11)14/h4-5,7,9,14,16H,3,6,8H2,1-2H3. The van der Waals surface area contributed by atoms with E-state index in [2.05, 4.69) is 25.2 Å². The van der Waals surface area contributed by atoms with Crippen molar-refractivity contribution in [2.45, 2.75) is 32.7 Å². The van der Waals surface area contributed by atoms with Gasteiger partial charge in [0.2, 0.25) is 0 Å². The van der Waals surface area contributed by atoms with Crippen LogP contribution in [0.2, 0.25) is 0 Å². The Morgan fingerprint density at radius 1 is 1.50 bits per heavy atom. The summed E-state index contributed by atoms with van der Waals surface area (Å²) in [4.78, 5) is 0. The van der Waals surface area contributed by atoms with E-state index in [1.165, 1.54) is 11.1 Å². The Kier molecular flexibility index (Phi) is 3.39. The number of fused-ring (bicyclic) bond motifs is 1. The van der Waals surface area contributed by atoms with Gasteiger partial charge in [-0.3, -0.25) is 0 Å². The molecule has 1 aliphatic rings. The number of hydrogen-bond acceptors (Lipinski definition) is 1. The van der Waals surface area contributed by atoms with Crippen LogP contribution in [0.1, 0.15) is 37.4 Å². The van der Waals surface area contributed by atoms with E-state index in [0.717, 1.165) is 24.9 Å². The van der Waals surface area contributed by atoms with Crippen LogP contribution in [0.15, 0.2) is 29.8 Å². The summed E-state index contributed by atoms with van der Waals surface area (Å²) in [7, 11) is 0. The Hall–Kier alpha value is -1.15. The summed E-state index contributed by atoms with van der Waals surface area (Å²) in [5, 5.41) is 3.49. The minimum atomic E-state index is -0.122. The van der Waals surface area contributed by atoms with Crippen LogP contribution in [0.4, 0.5) is 4.39 Å². The van der Waals surface area contributed by atoms with Crippen molar-refractivity contribution in [1.29, 1.82) is 0 Å². The molecule has 0 saturated heterocycles. The Labute approximate surface area is 96.4 Å². The van der Waals surface area contributed by atoms with E-state index >= 15 is 0 Å². The molecule has 1 aliphatic carbocycles. The molecule has 0 aliphatic heterocycles. The van der Waals surface area contributed by atoms with Gasteiger partial charge >= 0.3 is 0 Å². The lowest BCUT2D eigenvalue weighted by atomic mass is 10.1. The third-order valence-corrected chi connectivity index (χ3v) is 3.06. The average Bonchev–Trinajstić information content (AvgIpc) is 2.60. The van der Waals surface area contributed by atoms with Crippen LogP contribution in [-0.4, -0.2) is 6.54 Å². The number of benzene rings is 1. The fraction of sp³-hybridized carbons (Fsp3) is 0.429. The third-order valence-electron chi connectivity index (χ3n) is 3.06. The van der Waals surface area contributed by atoms with Crippen LogP contribution in [0.5, 0.6) is 0 Å². The van der Waals surface area contributed by atoms with Crippen LogP contribution in [-0.2, 0) is 6.42 Å². The molecule has 0 amide bonds. The summed E-state index contributed by atoms with van der Waals surface area (Å²) in [5.74, 6) is -0.122. The normalized spacial score (nSPS) is 18.3. The van der Waals surface area contributed by atoms with E-state index in [9.17, 15) is 4.39 Å². The van der Waals surface area contributed by atoms with Crippen molar-refractivity contribution >= 4 is 0 Å². The van der Waals surface area contributed by atoms with Crippen LogP contribution in [0.25, 0.3) is 0 Å². The molecule has 1 N–H and O–H groups in total. The second-order valence-electron chi connectivity index (χ2n) is 4.62. The van der Waals surface area contributed by atoms with Crippen LogP contribution >= 0.6 is 0 Å². The number of aryl methyl sites for hydroxylation is 1. The molecule has 0 saturated carbocycles. The van der Waals surface area contributed by atoms with Crippen LogP contribution in [0, 0.1) is 5.82 Å². The van der Waals surface area contributed by atoms with Crippen LogP contribution < -0.4 is 5.32 Å². The molecular weight excluding hydrogens is 201 g/mol. The zero-order valence-electron chi connectivity index (χ0n) is 9.89. The van der Waals surface area contributed by atoms with E-state index in [1.54, 1.807) is 12.1 Å². The van der Waals surface area contributed by atoms with Gasteiger partial charge in [0.1, 0.15) is 5.82 Å². The lowest BCUT2D eigenvalue weighted by Crippen LogP contribution is -2.19. The molecule has 86 valence electrons. The Morgan fingerprint density at radius 3 is 3.06 bits per heavy atom. The van der Waals surface area contributed by atoms with Crippen molar-refractivity contribution in [3.63, 3.8) is 0 Å². The Balaban J connectivity index is 2.03. The molecule has 0 radical (unpaired) electrons. The molecule has 0 fully saturated rings. The summed E-state index contributed by atoms with van der Waals surface area (Å²) in [6.07, 6.45) is 4.25. The number of allylic oxidation sites excluding steroid dienone is 1. The van der Waals surface area contributed by atoms with Crippen molar-refractivity contribution in [2.24, 2.45) is 0 Å². The highest BCUT2D eigenvalue weighted by Gasteiger charge is 2.21. The largest absolute Gasteiger partial charge is 0.306 e. The van der Waals surface area contributed by atoms with Crippen LogP contribution in [0.3, 0.4) is 0 Å². The van der Waals surface area contributed by atoms with Crippen molar-refractivity contribution in [3.05, 3.63) is 46.8 Å². The molecule has 1 aromatic carbocycles. The maximum Gasteiger partial charge on any atom is 0.123 e. The smallest absolute Gasteiger partial charge is 0.123 e. The van der Waals surface area contributed by atoms with E-state index < -0.39 is 0 Å². The van der Waals surface area contributed by atoms with E-state index in [0.29, 0.717) is 6.04 Å². The van der Waals surface area contributed by atoms with Crippen molar-refractivity contribution in [2.75, 3.05) is 6.54 Å². The zero-order chi connectivity index (χ0) is 11.5. The summed E-state index contributed by atoms with van der Waals surface area (Å²) in [5.41, 5.74) is 3.75. The summed E-state index contributed by atoms with van der Waals surface area (Å²) < 4.78 is 13.0. The molecule has 1 aromatic rings. The molecule has 1 nitrogen and oxygen atoms in total. The molecular formula is C14H18FN. The van der Waals surface area contributed by atoms with Gasteiger partial charge in [-0.05, 0) is 49.9 Å². The summed E-state index contributed by atoms with van der Waals surface area (Å²) in [6, 6.07) is 5.53. The van der Waals surface area contributed by atoms with Crippen molar-refractivity contribution in [1.82, 2.24) is 5.32 Å². The van der Waals surface area contributed by atoms with Gasteiger partial charge in [0.25, 0.3) is 0 Å². The lowest BCUT2D eigenvalue weighted by Gasteiger charge is -2.12. The molecule has 16 heavy (non-hydrogen) atoms.